The summed E-state index contributed by atoms with van der Waals surface area (Å²) in [6.45, 7) is 13.1. The molecule has 0 aliphatic rings. The van der Waals surface area contributed by atoms with Crippen molar-refractivity contribution in [2.24, 2.45) is 0 Å². The summed E-state index contributed by atoms with van der Waals surface area (Å²) in [4.78, 5) is 10.3. The number of hydrogen-bond donors (Lipinski definition) is 1. The fourth-order valence-electron chi connectivity index (χ4n) is 7.86. The van der Waals surface area contributed by atoms with Crippen molar-refractivity contribution in [3.8, 4) is 50.9 Å². The molecule has 0 bridgehead atoms. The molecule has 0 saturated carbocycles. The van der Waals surface area contributed by atoms with Gasteiger partial charge in [0.05, 0.1) is 22.3 Å². The van der Waals surface area contributed by atoms with Crippen molar-refractivity contribution in [2.45, 2.75) is 52.4 Å². The largest absolute Gasteiger partial charge is 0.507 e. The first-order valence-corrected chi connectivity index (χ1v) is 18.9. The minimum atomic E-state index is -0.305. The van der Waals surface area contributed by atoms with E-state index in [2.05, 4.69) is 172 Å². The van der Waals surface area contributed by atoms with Crippen LogP contribution in [0.3, 0.4) is 0 Å². The summed E-state index contributed by atoms with van der Waals surface area (Å²) >= 11 is 0. The molecule has 0 spiro atoms. The standard InChI is InChI=1S/C50H43N4O.Pt/c1-49(2,3)34-30-39(47(55)40(31-34)50(4,5)6)48-52-46-36(21-16-24-43(46)54(48)41-22-12-10-19-35(41)32-17-8-7-9-18-32)33-26-27-38-37-20-11-13-23-42(37)53(44(38)29-33)45-25-14-15-28-51-45;/h7-28,30-31,55H,1-6H3;/q-1;. The molecule has 56 heavy (non-hydrogen) atoms. The summed E-state index contributed by atoms with van der Waals surface area (Å²) in [7, 11) is 0. The van der Waals surface area contributed by atoms with Crippen LogP contribution in [0.25, 0.3) is 78.0 Å². The number of imidazole rings is 1. The van der Waals surface area contributed by atoms with Gasteiger partial charge in [0.1, 0.15) is 17.4 Å². The van der Waals surface area contributed by atoms with Crippen molar-refractivity contribution < 1.29 is 26.2 Å². The van der Waals surface area contributed by atoms with Gasteiger partial charge in [0.2, 0.25) is 0 Å². The van der Waals surface area contributed by atoms with E-state index in [1.54, 1.807) is 0 Å². The summed E-state index contributed by atoms with van der Waals surface area (Å²) in [6.07, 6.45) is 1.83. The Kier molecular flexibility index (Phi) is 9.33. The quantitative estimate of drug-likeness (QED) is 0.175. The van der Waals surface area contributed by atoms with Gasteiger partial charge >= 0.3 is 0 Å². The number of rotatable bonds is 5. The Morgan fingerprint density at radius 2 is 1.29 bits per heavy atom. The van der Waals surface area contributed by atoms with E-state index >= 15 is 0 Å². The predicted octanol–water partition coefficient (Wildman–Crippen LogP) is 12.6. The topological polar surface area (TPSA) is 55.9 Å². The molecule has 0 radical (unpaired) electrons. The van der Waals surface area contributed by atoms with E-state index in [-0.39, 0.29) is 37.6 Å². The molecule has 1 N–H and O–H groups in total. The van der Waals surface area contributed by atoms with Gasteiger partial charge in [0.15, 0.2) is 0 Å². The van der Waals surface area contributed by atoms with Crippen LogP contribution in [-0.2, 0) is 31.9 Å². The van der Waals surface area contributed by atoms with Crippen LogP contribution in [0.2, 0.25) is 0 Å². The van der Waals surface area contributed by atoms with Crippen LogP contribution in [0.15, 0.2) is 146 Å². The van der Waals surface area contributed by atoms with Gasteiger partial charge in [0.25, 0.3) is 0 Å². The summed E-state index contributed by atoms with van der Waals surface area (Å²) in [6, 6.07) is 52.2. The molecule has 0 saturated heterocycles. The molecule has 0 amide bonds. The van der Waals surface area contributed by atoms with Gasteiger partial charge in [-0.25, -0.2) is 9.97 Å². The molecule has 3 heterocycles. The summed E-state index contributed by atoms with van der Waals surface area (Å²) in [5, 5.41) is 14.6. The molecule has 0 aliphatic heterocycles. The van der Waals surface area contributed by atoms with Gasteiger partial charge in [-0.3, -0.25) is 4.57 Å². The molecular formula is C50H43N4OPt-. The number of aromatic hydroxyl groups is 1. The van der Waals surface area contributed by atoms with Crippen molar-refractivity contribution in [3.05, 3.63) is 163 Å². The maximum Gasteiger partial charge on any atom is 0.148 e. The number of phenolic OH excluding ortho intramolecular Hbond substituents is 1. The van der Waals surface area contributed by atoms with E-state index in [1.165, 1.54) is 0 Å². The van der Waals surface area contributed by atoms with Crippen molar-refractivity contribution >= 4 is 32.8 Å². The van der Waals surface area contributed by atoms with E-state index in [9.17, 15) is 5.11 Å². The Hall–Kier alpha value is -5.77. The number of hydrogen-bond acceptors (Lipinski definition) is 3. The molecule has 9 rings (SSSR count). The second-order valence-electron chi connectivity index (χ2n) is 16.4. The van der Waals surface area contributed by atoms with E-state index < -0.39 is 0 Å². The average molecular weight is 911 g/mol. The zero-order chi connectivity index (χ0) is 38.1. The molecule has 0 unspecified atom stereocenters. The Labute approximate surface area is 342 Å². The van der Waals surface area contributed by atoms with E-state index in [0.29, 0.717) is 11.4 Å². The summed E-state index contributed by atoms with van der Waals surface area (Å²) in [5.41, 5.74) is 11.1. The summed E-state index contributed by atoms with van der Waals surface area (Å²) in [5.74, 6) is 1.78. The Morgan fingerprint density at radius 1 is 0.589 bits per heavy atom. The predicted molar refractivity (Wildman–Crippen MR) is 227 cm³/mol. The fourth-order valence-corrected chi connectivity index (χ4v) is 7.86. The Bertz CT molecular complexity index is 2890. The minimum absolute atomic E-state index is 0. The van der Waals surface area contributed by atoms with Crippen LogP contribution in [0.1, 0.15) is 52.7 Å². The molecule has 6 aromatic carbocycles. The normalized spacial score (nSPS) is 12.0. The van der Waals surface area contributed by atoms with Crippen LogP contribution in [0.5, 0.6) is 5.75 Å². The second-order valence-corrected chi connectivity index (χ2v) is 16.4. The molecule has 5 nitrogen and oxygen atoms in total. The Morgan fingerprint density at radius 3 is 2.04 bits per heavy atom. The van der Waals surface area contributed by atoms with Crippen molar-refractivity contribution in [1.29, 1.82) is 0 Å². The molecule has 0 atom stereocenters. The third-order valence-electron chi connectivity index (χ3n) is 10.7. The number of phenols is 1. The van der Waals surface area contributed by atoms with Crippen LogP contribution < -0.4 is 0 Å². The first kappa shape index (κ1) is 37.2. The number of aromatic nitrogens is 4. The van der Waals surface area contributed by atoms with Gasteiger partial charge in [-0.05, 0) is 69.3 Å². The zero-order valence-corrected chi connectivity index (χ0v) is 34.7. The van der Waals surface area contributed by atoms with Crippen LogP contribution in [-0.4, -0.2) is 24.2 Å². The summed E-state index contributed by atoms with van der Waals surface area (Å²) < 4.78 is 4.43. The minimum Gasteiger partial charge on any atom is -0.507 e. The third kappa shape index (κ3) is 6.25. The van der Waals surface area contributed by atoms with Crippen molar-refractivity contribution in [1.82, 2.24) is 19.1 Å². The number of benzene rings is 6. The van der Waals surface area contributed by atoms with Crippen molar-refractivity contribution in [3.63, 3.8) is 0 Å². The SMILES string of the molecule is CC(C)(C)c1cc(-c2nc3c(-c4[c-]c5c(cc4)c4ccccc4n5-c4ccccn4)cccc3n2-c2ccccc2-c2ccccc2)c(O)c(C(C)(C)C)c1.[Pt]. The average Bonchev–Trinajstić information content (AvgIpc) is 3.73. The first-order valence-electron chi connectivity index (χ1n) is 18.9. The second kappa shape index (κ2) is 14.1. The maximum absolute atomic E-state index is 12.3. The van der Waals surface area contributed by atoms with Gasteiger partial charge in [-0.15, -0.1) is 23.8 Å². The maximum atomic E-state index is 12.3. The van der Waals surface area contributed by atoms with E-state index in [1.807, 2.05) is 30.5 Å². The van der Waals surface area contributed by atoms with E-state index in [4.69, 9.17) is 9.97 Å². The van der Waals surface area contributed by atoms with E-state index in [0.717, 1.165) is 77.7 Å². The van der Waals surface area contributed by atoms with Crippen LogP contribution >= 0.6 is 0 Å². The van der Waals surface area contributed by atoms with Gasteiger partial charge in [-0.1, -0.05) is 143 Å². The number of nitrogens with zero attached hydrogens (tertiary/aromatic N) is 4. The van der Waals surface area contributed by atoms with Crippen molar-refractivity contribution in [2.75, 3.05) is 0 Å². The molecule has 3 aromatic heterocycles. The molecule has 0 aliphatic carbocycles. The third-order valence-corrected chi connectivity index (χ3v) is 10.7. The van der Waals surface area contributed by atoms with Crippen LogP contribution in [0, 0.1) is 6.07 Å². The van der Waals surface area contributed by atoms with Gasteiger partial charge in [-0.2, -0.15) is 0 Å². The molecular weight excluding hydrogens is 868 g/mol. The van der Waals surface area contributed by atoms with Gasteiger partial charge < -0.3 is 9.67 Å². The molecule has 6 heteroatoms. The first-order chi connectivity index (χ1) is 26.5. The molecule has 9 aromatic rings. The number of fused-ring (bicyclic) bond motifs is 4. The molecule has 280 valence electrons. The smallest absolute Gasteiger partial charge is 0.148 e. The zero-order valence-electron chi connectivity index (χ0n) is 32.4. The van der Waals surface area contributed by atoms with Crippen LogP contribution in [0.4, 0.5) is 0 Å². The molecule has 0 fully saturated rings. The number of pyridine rings is 1. The Balaban J connectivity index is 0.00000441. The van der Waals surface area contributed by atoms with Gasteiger partial charge in [0, 0.05) is 43.9 Å². The monoisotopic (exact) mass is 910 g/mol. The fraction of sp³-hybridized carbons (Fsp3) is 0.160. The number of para-hydroxylation sites is 3.